The number of rotatable bonds is 3. The van der Waals surface area contributed by atoms with E-state index in [1.807, 2.05) is 20.8 Å². The maximum absolute atomic E-state index is 11.4. The maximum Gasteiger partial charge on any atom is 0.407 e. The molecule has 0 bridgehead atoms. The first-order chi connectivity index (χ1) is 7.88. The summed E-state index contributed by atoms with van der Waals surface area (Å²) in [6.45, 7) is 9.67. The average molecular weight is 242 g/mol. The molecule has 4 nitrogen and oxygen atoms in total. The number of piperidine rings is 1. The van der Waals surface area contributed by atoms with Gasteiger partial charge >= 0.3 is 6.09 Å². The molecule has 1 saturated heterocycles. The molecule has 1 rings (SSSR count). The summed E-state index contributed by atoms with van der Waals surface area (Å²) in [7, 11) is 0. The molecule has 0 aromatic carbocycles. The fourth-order valence-corrected chi connectivity index (χ4v) is 2.18. The Morgan fingerprint density at radius 3 is 2.76 bits per heavy atom. The summed E-state index contributed by atoms with van der Waals surface area (Å²) in [4.78, 5) is 11.4. The minimum absolute atomic E-state index is 0.311. The number of amides is 1. The van der Waals surface area contributed by atoms with Crippen LogP contribution in [-0.4, -0.2) is 30.8 Å². The predicted octanol–water partition coefficient (Wildman–Crippen LogP) is 2.29. The number of hydrogen-bond acceptors (Lipinski definition) is 3. The molecule has 0 spiro atoms. The second kappa shape index (κ2) is 6.24. The Kier molecular flexibility index (Phi) is 5.25. The molecule has 2 N–H and O–H groups in total. The second-order valence-electron chi connectivity index (χ2n) is 5.86. The SMILES string of the molecule is CC1NCCCC1CCNC(=O)OC(C)(C)C. The quantitative estimate of drug-likeness (QED) is 0.798. The van der Waals surface area contributed by atoms with Gasteiger partial charge in [-0.2, -0.15) is 0 Å². The highest BCUT2D eigenvalue weighted by atomic mass is 16.6. The van der Waals surface area contributed by atoms with Gasteiger partial charge in [0, 0.05) is 12.6 Å². The summed E-state index contributed by atoms with van der Waals surface area (Å²) in [5.74, 6) is 0.665. The van der Waals surface area contributed by atoms with Crippen LogP contribution in [0, 0.1) is 5.92 Å². The van der Waals surface area contributed by atoms with E-state index in [4.69, 9.17) is 4.74 Å². The number of carbonyl (C=O) groups is 1. The van der Waals surface area contributed by atoms with Crippen LogP contribution in [0.4, 0.5) is 4.79 Å². The zero-order chi connectivity index (χ0) is 12.9. The third-order valence-corrected chi connectivity index (χ3v) is 3.11. The van der Waals surface area contributed by atoms with Crippen molar-refractivity contribution in [2.45, 2.75) is 58.6 Å². The van der Waals surface area contributed by atoms with E-state index in [0.717, 1.165) is 13.0 Å². The van der Waals surface area contributed by atoms with Crippen LogP contribution in [0.15, 0.2) is 0 Å². The maximum atomic E-state index is 11.4. The van der Waals surface area contributed by atoms with Crippen LogP contribution < -0.4 is 10.6 Å². The number of alkyl carbamates (subject to hydrolysis) is 1. The molecule has 17 heavy (non-hydrogen) atoms. The van der Waals surface area contributed by atoms with Crippen LogP contribution in [0.1, 0.15) is 47.0 Å². The summed E-state index contributed by atoms with van der Waals surface area (Å²) >= 11 is 0. The van der Waals surface area contributed by atoms with Crippen molar-refractivity contribution in [2.24, 2.45) is 5.92 Å². The summed E-state index contributed by atoms with van der Waals surface area (Å²) in [6, 6.07) is 0.559. The first-order valence-corrected chi connectivity index (χ1v) is 6.59. The monoisotopic (exact) mass is 242 g/mol. The summed E-state index contributed by atoms with van der Waals surface area (Å²) in [5.41, 5.74) is -0.413. The van der Waals surface area contributed by atoms with E-state index < -0.39 is 5.60 Å². The highest BCUT2D eigenvalue weighted by Crippen LogP contribution is 2.19. The fraction of sp³-hybridized carbons (Fsp3) is 0.923. The molecule has 4 heteroatoms. The topological polar surface area (TPSA) is 50.4 Å². The molecule has 0 saturated carbocycles. The average Bonchev–Trinajstić information content (AvgIpc) is 2.18. The van der Waals surface area contributed by atoms with Crippen molar-refractivity contribution in [3.63, 3.8) is 0 Å². The minimum atomic E-state index is -0.413. The molecule has 0 radical (unpaired) electrons. The van der Waals surface area contributed by atoms with Gasteiger partial charge in [-0.05, 0) is 59.4 Å². The van der Waals surface area contributed by atoms with Crippen LogP contribution >= 0.6 is 0 Å². The van der Waals surface area contributed by atoms with Gasteiger partial charge in [-0.1, -0.05) is 0 Å². The van der Waals surface area contributed by atoms with Crippen molar-refractivity contribution >= 4 is 6.09 Å². The molecular formula is C13H26N2O2. The number of hydrogen-bond donors (Lipinski definition) is 2. The van der Waals surface area contributed by atoms with Gasteiger partial charge in [0.15, 0.2) is 0 Å². The smallest absolute Gasteiger partial charge is 0.407 e. The Morgan fingerprint density at radius 1 is 1.47 bits per heavy atom. The molecular weight excluding hydrogens is 216 g/mol. The van der Waals surface area contributed by atoms with Crippen LogP contribution in [0.25, 0.3) is 0 Å². The minimum Gasteiger partial charge on any atom is -0.444 e. The van der Waals surface area contributed by atoms with E-state index in [2.05, 4.69) is 17.6 Å². The van der Waals surface area contributed by atoms with Gasteiger partial charge in [0.2, 0.25) is 0 Å². The molecule has 1 heterocycles. The Balaban J connectivity index is 2.16. The Morgan fingerprint density at radius 2 is 2.18 bits per heavy atom. The van der Waals surface area contributed by atoms with Crippen LogP contribution in [-0.2, 0) is 4.74 Å². The summed E-state index contributed by atoms with van der Waals surface area (Å²) in [6.07, 6.45) is 3.20. The molecule has 1 fully saturated rings. The first kappa shape index (κ1) is 14.3. The number of carbonyl (C=O) groups excluding carboxylic acids is 1. The molecule has 0 aromatic heterocycles. The van der Waals surface area contributed by atoms with E-state index in [-0.39, 0.29) is 6.09 Å². The molecule has 100 valence electrons. The van der Waals surface area contributed by atoms with Crippen molar-refractivity contribution in [3.8, 4) is 0 Å². The molecule has 0 aliphatic carbocycles. The lowest BCUT2D eigenvalue weighted by atomic mass is 9.89. The lowest BCUT2D eigenvalue weighted by Gasteiger charge is -2.30. The van der Waals surface area contributed by atoms with Crippen molar-refractivity contribution in [2.75, 3.05) is 13.1 Å². The van der Waals surface area contributed by atoms with Gasteiger partial charge in [-0.15, -0.1) is 0 Å². The molecule has 2 atom stereocenters. The summed E-state index contributed by atoms with van der Waals surface area (Å²) < 4.78 is 5.19. The summed E-state index contributed by atoms with van der Waals surface area (Å²) in [5, 5.41) is 6.28. The van der Waals surface area contributed by atoms with Crippen molar-refractivity contribution in [1.82, 2.24) is 10.6 Å². The largest absolute Gasteiger partial charge is 0.444 e. The fourth-order valence-electron chi connectivity index (χ4n) is 2.18. The van der Waals surface area contributed by atoms with Crippen LogP contribution in [0.5, 0.6) is 0 Å². The van der Waals surface area contributed by atoms with Crippen LogP contribution in [0.2, 0.25) is 0 Å². The highest BCUT2D eigenvalue weighted by molar-refractivity contribution is 5.67. The highest BCUT2D eigenvalue weighted by Gasteiger charge is 2.21. The first-order valence-electron chi connectivity index (χ1n) is 6.59. The Bertz CT molecular complexity index is 248. The molecule has 1 aliphatic heterocycles. The van der Waals surface area contributed by atoms with Gasteiger partial charge in [0.25, 0.3) is 0 Å². The normalized spacial score (nSPS) is 25.4. The lowest BCUT2D eigenvalue weighted by Crippen LogP contribution is -2.41. The van der Waals surface area contributed by atoms with E-state index in [1.54, 1.807) is 0 Å². The number of nitrogens with one attached hydrogen (secondary N) is 2. The van der Waals surface area contributed by atoms with E-state index in [9.17, 15) is 4.79 Å². The van der Waals surface area contributed by atoms with Crippen molar-refractivity contribution in [1.29, 1.82) is 0 Å². The lowest BCUT2D eigenvalue weighted by molar-refractivity contribution is 0.0523. The standard InChI is InChI=1S/C13H26N2O2/c1-10-11(6-5-8-14-10)7-9-15-12(16)17-13(2,3)4/h10-11,14H,5-9H2,1-4H3,(H,15,16). The zero-order valence-corrected chi connectivity index (χ0v) is 11.5. The number of ether oxygens (including phenoxy) is 1. The predicted molar refractivity (Wildman–Crippen MR) is 69.0 cm³/mol. The third-order valence-electron chi connectivity index (χ3n) is 3.11. The molecule has 1 amide bonds. The molecule has 0 aromatic rings. The van der Waals surface area contributed by atoms with Gasteiger partial charge in [-0.3, -0.25) is 0 Å². The van der Waals surface area contributed by atoms with Crippen molar-refractivity contribution < 1.29 is 9.53 Å². The van der Waals surface area contributed by atoms with Gasteiger partial charge in [-0.25, -0.2) is 4.79 Å². The second-order valence-corrected chi connectivity index (χ2v) is 5.86. The Labute approximate surface area is 104 Å². The van der Waals surface area contributed by atoms with E-state index in [1.165, 1.54) is 12.8 Å². The van der Waals surface area contributed by atoms with Gasteiger partial charge in [0.05, 0.1) is 0 Å². The van der Waals surface area contributed by atoms with Gasteiger partial charge in [0.1, 0.15) is 5.60 Å². The third kappa shape index (κ3) is 5.91. The van der Waals surface area contributed by atoms with Gasteiger partial charge < -0.3 is 15.4 Å². The molecule has 2 unspecified atom stereocenters. The van der Waals surface area contributed by atoms with Crippen molar-refractivity contribution in [3.05, 3.63) is 0 Å². The van der Waals surface area contributed by atoms with E-state index in [0.29, 0.717) is 18.5 Å². The van der Waals surface area contributed by atoms with E-state index >= 15 is 0 Å². The van der Waals surface area contributed by atoms with Crippen LogP contribution in [0.3, 0.4) is 0 Å². The zero-order valence-electron chi connectivity index (χ0n) is 11.5. The molecule has 1 aliphatic rings. The Hall–Kier alpha value is -0.770.